The van der Waals surface area contributed by atoms with E-state index in [2.05, 4.69) is 5.32 Å². The fraction of sp³-hybridized carbons (Fsp3) is 0.333. The van der Waals surface area contributed by atoms with E-state index in [1.54, 1.807) is 45.2 Å². The van der Waals surface area contributed by atoms with Crippen molar-refractivity contribution in [1.29, 1.82) is 0 Å². The van der Waals surface area contributed by atoms with Gasteiger partial charge < -0.3 is 19.5 Å². The Bertz CT molecular complexity index is 803. The number of hydrogen-bond donors (Lipinski definition) is 1. The van der Waals surface area contributed by atoms with Gasteiger partial charge >= 0.3 is 11.9 Å². The third-order valence-electron chi connectivity index (χ3n) is 4.40. The van der Waals surface area contributed by atoms with Crippen molar-refractivity contribution in [1.82, 2.24) is 0 Å². The molecule has 3 rings (SSSR count). The van der Waals surface area contributed by atoms with Gasteiger partial charge in [-0.2, -0.15) is 0 Å². The molecule has 1 heterocycles. The van der Waals surface area contributed by atoms with Crippen LogP contribution in [-0.4, -0.2) is 30.7 Å². The Morgan fingerprint density at radius 3 is 2.41 bits per heavy atom. The van der Waals surface area contributed by atoms with E-state index in [1.807, 2.05) is 30.3 Å². The highest BCUT2D eigenvalue weighted by Gasteiger charge is 2.57. The van der Waals surface area contributed by atoms with Crippen LogP contribution < -0.4 is 10.1 Å². The second-order valence-electron chi connectivity index (χ2n) is 6.72. The smallest absolute Gasteiger partial charge is 0.344 e. The molecule has 0 aliphatic carbocycles. The summed E-state index contributed by atoms with van der Waals surface area (Å²) < 4.78 is 16.1. The topological polar surface area (TPSA) is 73.9 Å². The van der Waals surface area contributed by atoms with Crippen LogP contribution in [0.3, 0.4) is 0 Å². The summed E-state index contributed by atoms with van der Waals surface area (Å²) in [6, 6.07) is 16.3. The van der Waals surface area contributed by atoms with Gasteiger partial charge in [0.2, 0.25) is 5.54 Å². The lowest BCUT2D eigenvalue weighted by Crippen LogP contribution is -2.52. The van der Waals surface area contributed by atoms with Crippen molar-refractivity contribution in [3.05, 3.63) is 60.2 Å². The fourth-order valence-corrected chi connectivity index (χ4v) is 3.04. The molecule has 2 unspecified atom stereocenters. The van der Waals surface area contributed by atoms with E-state index in [0.29, 0.717) is 11.4 Å². The predicted molar refractivity (Wildman–Crippen MR) is 100 cm³/mol. The summed E-state index contributed by atoms with van der Waals surface area (Å²) in [5, 5.41) is 3.06. The summed E-state index contributed by atoms with van der Waals surface area (Å²) in [5.74, 6) is -0.606. The first-order valence-electron chi connectivity index (χ1n) is 8.84. The van der Waals surface area contributed by atoms with Gasteiger partial charge in [-0.1, -0.05) is 30.3 Å². The second-order valence-corrected chi connectivity index (χ2v) is 6.72. The van der Waals surface area contributed by atoms with Gasteiger partial charge in [0.25, 0.3) is 0 Å². The number of rotatable bonds is 6. The maximum absolute atomic E-state index is 12.9. The molecule has 0 spiro atoms. The molecule has 2 atom stereocenters. The number of ether oxygens (including phenoxy) is 3. The highest BCUT2D eigenvalue weighted by atomic mass is 16.6. The van der Waals surface area contributed by atoms with Crippen molar-refractivity contribution in [2.24, 2.45) is 0 Å². The maximum Gasteiger partial charge on any atom is 0.344 e. The van der Waals surface area contributed by atoms with E-state index in [9.17, 15) is 9.59 Å². The summed E-state index contributed by atoms with van der Waals surface area (Å²) in [6.07, 6.45) is -0.729. The molecule has 1 N–H and O–H groups in total. The maximum atomic E-state index is 12.9. The lowest BCUT2D eigenvalue weighted by Gasteiger charge is -2.26. The molecule has 2 aromatic carbocycles. The number of methoxy groups -OCH3 is 1. The third kappa shape index (κ3) is 3.89. The number of carbonyl (C=O) groups is 2. The van der Waals surface area contributed by atoms with Gasteiger partial charge in [-0.05, 0) is 43.7 Å². The van der Waals surface area contributed by atoms with E-state index in [-0.39, 0.29) is 12.5 Å². The highest BCUT2D eigenvalue weighted by molar-refractivity contribution is 6.09. The van der Waals surface area contributed by atoms with Gasteiger partial charge in [0.15, 0.2) is 0 Å². The van der Waals surface area contributed by atoms with Crippen LogP contribution in [0, 0.1) is 0 Å². The van der Waals surface area contributed by atoms with Crippen molar-refractivity contribution >= 4 is 17.6 Å². The van der Waals surface area contributed by atoms with Gasteiger partial charge in [0.05, 0.1) is 13.2 Å². The standard InChI is InChI=1S/C21H23NO5/c1-14(2)26-19(23)21(22-16-9-11-17(25-3)12-10-16)13-18(27-20(21)24)15-7-5-4-6-8-15/h4-12,14,18,22H,13H2,1-3H3. The van der Waals surface area contributed by atoms with Crippen LogP contribution in [0.15, 0.2) is 54.6 Å². The molecule has 0 radical (unpaired) electrons. The Morgan fingerprint density at radius 1 is 1.15 bits per heavy atom. The summed E-state index contributed by atoms with van der Waals surface area (Å²) in [6.45, 7) is 3.49. The quantitative estimate of drug-likeness (QED) is 0.621. The molecule has 6 nitrogen and oxygen atoms in total. The van der Waals surface area contributed by atoms with Crippen molar-refractivity contribution in [2.45, 2.75) is 38.0 Å². The van der Waals surface area contributed by atoms with E-state index in [4.69, 9.17) is 14.2 Å². The molecule has 0 saturated carbocycles. The average Bonchev–Trinajstić information content (AvgIpc) is 3.00. The first kappa shape index (κ1) is 18.8. The van der Waals surface area contributed by atoms with Crippen LogP contribution in [0.4, 0.5) is 5.69 Å². The summed E-state index contributed by atoms with van der Waals surface area (Å²) >= 11 is 0. The van der Waals surface area contributed by atoms with Crippen LogP contribution in [-0.2, 0) is 19.1 Å². The van der Waals surface area contributed by atoms with Crippen LogP contribution in [0.25, 0.3) is 0 Å². The highest BCUT2D eigenvalue weighted by Crippen LogP contribution is 2.39. The fourth-order valence-electron chi connectivity index (χ4n) is 3.04. The normalized spacial score (nSPS) is 21.6. The second kappa shape index (κ2) is 7.70. The Morgan fingerprint density at radius 2 is 1.81 bits per heavy atom. The van der Waals surface area contributed by atoms with Crippen LogP contribution >= 0.6 is 0 Å². The number of carbonyl (C=O) groups excluding carboxylic acids is 2. The average molecular weight is 369 g/mol. The minimum absolute atomic E-state index is 0.146. The SMILES string of the molecule is COc1ccc(NC2(C(=O)OC(C)C)CC(c3ccccc3)OC2=O)cc1. The Balaban J connectivity index is 1.92. The molecule has 0 aromatic heterocycles. The minimum Gasteiger partial charge on any atom is -0.497 e. The molecule has 1 saturated heterocycles. The van der Waals surface area contributed by atoms with E-state index in [0.717, 1.165) is 5.56 Å². The Kier molecular flexibility index (Phi) is 5.35. The lowest BCUT2D eigenvalue weighted by atomic mass is 9.92. The molecular weight excluding hydrogens is 346 g/mol. The lowest BCUT2D eigenvalue weighted by molar-refractivity contribution is -0.159. The van der Waals surface area contributed by atoms with Crippen molar-refractivity contribution in [3.63, 3.8) is 0 Å². The molecule has 2 aromatic rings. The van der Waals surface area contributed by atoms with Crippen LogP contribution in [0.1, 0.15) is 31.9 Å². The van der Waals surface area contributed by atoms with E-state index in [1.165, 1.54) is 0 Å². The zero-order valence-electron chi connectivity index (χ0n) is 15.6. The van der Waals surface area contributed by atoms with Crippen molar-refractivity contribution < 1.29 is 23.8 Å². The largest absolute Gasteiger partial charge is 0.497 e. The molecule has 0 bridgehead atoms. The molecule has 27 heavy (non-hydrogen) atoms. The van der Waals surface area contributed by atoms with Gasteiger partial charge in [-0.15, -0.1) is 0 Å². The first-order valence-corrected chi connectivity index (χ1v) is 8.84. The molecule has 6 heteroatoms. The van der Waals surface area contributed by atoms with Crippen molar-refractivity contribution in [2.75, 3.05) is 12.4 Å². The molecular formula is C21H23NO5. The molecule has 0 amide bonds. The molecule has 1 aliphatic rings. The molecule has 1 aliphatic heterocycles. The number of hydrogen-bond acceptors (Lipinski definition) is 6. The summed E-state index contributed by atoms with van der Waals surface area (Å²) in [7, 11) is 1.57. The van der Waals surface area contributed by atoms with Crippen LogP contribution in [0.5, 0.6) is 5.75 Å². The van der Waals surface area contributed by atoms with E-state index < -0.39 is 23.6 Å². The predicted octanol–water partition coefficient (Wildman–Crippen LogP) is 3.49. The third-order valence-corrected chi connectivity index (χ3v) is 4.40. The van der Waals surface area contributed by atoms with E-state index >= 15 is 0 Å². The molecule has 1 fully saturated rings. The summed E-state index contributed by atoms with van der Waals surface area (Å²) in [4.78, 5) is 25.7. The zero-order valence-corrected chi connectivity index (χ0v) is 15.6. The first-order chi connectivity index (χ1) is 12.9. The number of anilines is 1. The number of nitrogens with one attached hydrogen (secondary N) is 1. The van der Waals surface area contributed by atoms with Gasteiger partial charge in [0.1, 0.15) is 11.9 Å². The van der Waals surface area contributed by atoms with Gasteiger partial charge in [-0.25, -0.2) is 9.59 Å². The Hall–Kier alpha value is -3.02. The van der Waals surface area contributed by atoms with Crippen LogP contribution in [0.2, 0.25) is 0 Å². The van der Waals surface area contributed by atoms with Gasteiger partial charge in [0, 0.05) is 12.1 Å². The monoisotopic (exact) mass is 369 g/mol. The van der Waals surface area contributed by atoms with Gasteiger partial charge in [-0.3, -0.25) is 0 Å². The minimum atomic E-state index is -1.60. The number of benzene rings is 2. The number of esters is 2. The van der Waals surface area contributed by atoms with Crippen molar-refractivity contribution in [3.8, 4) is 5.75 Å². The summed E-state index contributed by atoms with van der Waals surface area (Å²) in [5.41, 5.74) is -0.164. The number of cyclic esters (lactones) is 1. The zero-order chi connectivity index (χ0) is 19.4. The molecule has 142 valence electrons. The Labute approximate surface area is 158 Å².